The van der Waals surface area contributed by atoms with E-state index in [1.54, 1.807) is 24.5 Å². The van der Waals surface area contributed by atoms with Gasteiger partial charge in [-0.05, 0) is 34.4 Å². The third-order valence-corrected chi connectivity index (χ3v) is 6.96. The number of imide groups is 1. The maximum absolute atomic E-state index is 13.6. The topological polar surface area (TPSA) is 50.3 Å². The van der Waals surface area contributed by atoms with Crippen molar-refractivity contribution in [2.24, 2.45) is 11.8 Å². The number of nitrogens with zero attached hydrogens (tertiary/aromatic N) is 2. The second-order valence-corrected chi connectivity index (χ2v) is 8.08. The Balaban J connectivity index is 1.64. The van der Waals surface area contributed by atoms with Gasteiger partial charge in [0.05, 0.1) is 17.5 Å². The normalized spacial score (nSPS) is 29.5. The summed E-state index contributed by atoms with van der Waals surface area (Å²) in [5, 5.41) is 0. The Morgan fingerprint density at radius 1 is 0.821 bits per heavy atom. The van der Waals surface area contributed by atoms with E-state index in [4.69, 9.17) is 0 Å². The van der Waals surface area contributed by atoms with Gasteiger partial charge in [0.1, 0.15) is 0 Å². The highest BCUT2D eigenvalue weighted by Crippen LogP contribution is 2.64. The molecule has 2 bridgehead atoms. The Bertz CT molecular complexity index is 1110. The molecule has 0 unspecified atom stereocenters. The van der Waals surface area contributed by atoms with Gasteiger partial charge < -0.3 is 0 Å². The van der Waals surface area contributed by atoms with E-state index in [-0.39, 0.29) is 29.6 Å². The number of benzene rings is 2. The quantitative estimate of drug-likeness (QED) is 0.618. The number of aromatic nitrogens is 1. The molecule has 3 aliphatic carbocycles. The molecule has 4 aliphatic rings. The summed E-state index contributed by atoms with van der Waals surface area (Å²) in [4.78, 5) is 32.7. The van der Waals surface area contributed by atoms with Gasteiger partial charge in [-0.2, -0.15) is 0 Å². The minimum absolute atomic E-state index is 0.0810. The minimum atomic E-state index is -0.513. The van der Waals surface area contributed by atoms with Crippen LogP contribution in [0.15, 0.2) is 73.1 Å². The molecule has 4 nitrogen and oxygen atoms in total. The average molecular weight is 366 g/mol. The van der Waals surface area contributed by atoms with Crippen molar-refractivity contribution < 1.29 is 9.59 Å². The zero-order valence-electron chi connectivity index (χ0n) is 15.4. The second kappa shape index (κ2) is 5.16. The van der Waals surface area contributed by atoms with Gasteiger partial charge in [-0.15, -0.1) is 0 Å². The summed E-state index contributed by atoms with van der Waals surface area (Å²) in [6.07, 6.45) is 3.25. The van der Waals surface area contributed by atoms with E-state index in [0.717, 1.165) is 0 Å². The summed E-state index contributed by atoms with van der Waals surface area (Å²) in [6.45, 7) is 2.14. The van der Waals surface area contributed by atoms with Crippen molar-refractivity contribution in [1.82, 2.24) is 4.98 Å². The van der Waals surface area contributed by atoms with Gasteiger partial charge in [0, 0.05) is 23.7 Å². The summed E-state index contributed by atoms with van der Waals surface area (Å²) < 4.78 is 0. The number of amides is 2. The molecule has 1 aliphatic heterocycles. The molecule has 2 heterocycles. The lowest BCUT2D eigenvalue weighted by atomic mass is 9.48. The smallest absolute Gasteiger partial charge is 0.238 e. The van der Waals surface area contributed by atoms with Gasteiger partial charge in [0.25, 0.3) is 0 Å². The molecule has 2 amide bonds. The molecular formula is C24H18N2O2. The van der Waals surface area contributed by atoms with Crippen LogP contribution in [0.5, 0.6) is 0 Å². The zero-order chi connectivity index (χ0) is 19.0. The van der Waals surface area contributed by atoms with Crippen LogP contribution in [-0.2, 0) is 15.0 Å². The van der Waals surface area contributed by atoms with Crippen LogP contribution >= 0.6 is 0 Å². The summed E-state index contributed by atoms with van der Waals surface area (Å²) in [5.74, 6) is -1.03. The lowest BCUT2D eigenvalue weighted by molar-refractivity contribution is -0.123. The number of carbonyl (C=O) groups excluding carboxylic acids is 2. The Labute approximate surface area is 162 Å². The van der Waals surface area contributed by atoms with Crippen LogP contribution in [0.3, 0.4) is 0 Å². The third kappa shape index (κ3) is 1.65. The van der Waals surface area contributed by atoms with Crippen LogP contribution in [-0.4, -0.2) is 16.8 Å². The SMILES string of the molecule is CC12c3ccccc3C(c3ccccc31)[C@H]1C(=O)N(c3ccncc3)C(=O)[C@@H]12. The first-order chi connectivity index (χ1) is 13.6. The predicted molar refractivity (Wildman–Crippen MR) is 105 cm³/mol. The van der Waals surface area contributed by atoms with Gasteiger partial charge >= 0.3 is 0 Å². The number of hydrogen-bond donors (Lipinski definition) is 0. The largest absolute Gasteiger partial charge is 0.274 e. The van der Waals surface area contributed by atoms with E-state index in [1.165, 1.54) is 27.2 Å². The molecule has 0 N–H and O–H groups in total. The molecular weight excluding hydrogens is 348 g/mol. The monoisotopic (exact) mass is 366 g/mol. The van der Waals surface area contributed by atoms with Gasteiger partial charge in [-0.25, -0.2) is 4.90 Å². The molecule has 28 heavy (non-hydrogen) atoms. The lowest BCUT2D eigenvalue weighted by Gasteiger charge is -2.52. The van der Waals surface area contributed by atoms with Crippen LogP contribution in [0.25, 0.3) is 0 Å². The molecule has 4 heteroatoms. The molecule has 3 aromatic rings. The van der Waals surface area contributed by atoms with Crippen LogP contribution in [0.2, 0.25) is 0 Å². The van der Waals surface area contributed by atoms with Crippen LogP contribution in [0.4, 0.5) is 5.69 Å². The first kappa shape index (κ1) is 15.8. The maximum atomic E-state index is 13.6. The van der Waals surface area contributed by atoms with Crippen molar-refractivity contribution >= 4 is 17.5 Å². The summed E-state index contributed by atoms with van der Waals surface area (Å²) in [5.41, 5.74) is 4.82. The highest BCUT2D eigenvalue weighted by molar-refractivity contribution is 6.23. The van der Waals surface area contributed by atoms with E-state index in [2.05, 4.69) is 36.2 Å². The molecule has 0 saturated carbocycles. The summed E-state index contributed by atoms with van der Waals surface area (Å²) >= 11 is 0. The number of rotatable bonds is 1. The van der Waals surface area contributed by atoms with Crippen LogP contribution in [0, 0.1) is 11.8 Å². The Hall–Kier alpha value is -3.27. The number of anilines is 1. The number of hydrogen-bond acceptors (Lipinski definition) is 3. The van der Waals surface area contributed by atoms with Gasteiger partial charge in [-0.3, -0.25) is 14.6 Å². The first-order valence-electron chi connectivity index (χ1n) is 9.60. The fourth-order valence-electron chi connectivity index (χ4n) is 5.90. The summed E-state index contributed by atoms with van der Waals surface area (Å²) in [7, 11) is 0. The van der Waals surface area contributed by atoms with E-state index in [0.29, 0.717) is 5.69 Å². The predicted octanol–water partition coefficient (Wildman–Crippen LogP) is 3.65. The van der Waals surface area contributed by atoms with E-state index < -0.39 is 5.41 Å². The average Bonchev–Trinajstić information content (AvgIpc) is 3.01. The van der Waals surface area contributed by atoms with Crippen molar-refractivity contribution in [3.05, 3.63) is 95.3 Å². The molecule has 136 valence electrons. The second-order valence-electron chi connectivity index (χ2n) is 8.08. The number of pyridine rings is 1. The van der Waals surface area contributed by atoms with Crippen molar-refractivity contribution in [3.8, 4) is 0 Å². The van der Waals surface area contributed by atoms with Crippen molar-refractivity contribution in [2.75, 3.05) is 4.90 Å². The Morgan fingerprint density at radius 2 is 1.39 bits per heavy atom. The molecule has 2 aromatic carbocycles. The van der Waals surface area contributed by atoms with Crippen LogP contribution < -0.4 is 4.90 Å². The fourth-order valence-corrected chi connectivity index (χ4v) is 5.90. The van der Waals surface area contributed by atoms with Gasteiger partial charge in [0.2, 0.25) is 11.8 Å². The maximum Gasteiger partial charge on any atom is 0.238 e. The van der Waals surface area contributed by atoms with E-state index >= 15 is 0 Å². The fraction of sp³-hybridized carbons (Fsp3) is 0.208. The molecule has 0 radical (unpaired) electrons. The van der Waals surface area contributed by atoms with Gasteiger partial charge in [-0.1, -0.05) is 55.5 Å². The minimum Gasteiger partial charge on any atom is -0.274 e. The van der Waals surface area contributed by atoms with Crippen molar-refractivity contribution in [2.45, 2.75) is 18.3 Å². The Kier molecular flexibility index (Phi) is 2.91. The standard InChI is InChI=1S/C24H18N2O2/c1-24-17-8-4-2-6-15(17)19(16-7-3-5-9-18(16)24)20-21(24)23(28)26(22(20)27)14-10-12-25-13-11-14/h2-13,19-21H,1H3/t19?,20-,21-,24?/m1/s1. The summed E-state index contributed by atoms with van der Waals surface area (Å²) in [6, 6.07) is 20.1. The molecule has 1 saturated heterocycles. The zero-order valence-corrected chi connectivity index (χ0v) is 15.4. The molecule has 7 rings (SSSR count). The molecule has 1 aromatic heterocycles. The van der Waals surface area contributed by atoms with Crippen molar-refractivity contribution in [3.63, 3.8) is 0 Å². The third-order valence-electron chi connectivity index (χ3n) is 6.96. The molecule has 0 spiro atoms. The molecule has 2 atom stereocenters. The highest BCUT2D eigenvalue weighted by Gasteiger charge is 2.66. The number of carbonyl (C=O) groups is 2. The molecule has 1 fully saturated rings. The first-order valence-corrected chi connectivity index (χ1v) is 9.60. The van der Waals surface area contributed by atoms with E-state index in [1.807, 2.05) is 24.3 Å². The van der Waals surface area contributed by atoms with E-state index in [9.17, 15) is 9.59 Å². The lowest BCUT2D eigenvalue weighted by Crippen LogP contribution is -2.51. The van der Waals surface area contributed by atoms with Crippen molar-refractivity contribution in [1.29, 1.82) is 0 Å². The Morgan fingerprint density at radius 3 is 2.00 bits per heavy atom. The van der Waals surface area contributed by atoms with Crippen LogP contribution in [0.1, 0.15) is 35.1 Å². The van der Waals surface area contributed by atoms with Gasteiger partial charge in [0.15, 0.2) is 0 Å². The highest BCUT2D eigenvalue weighted by atomic mass is 16.2.